The Morgan fingerprint density at radius 2 is 0.932 bits per heavy atom. The molecule has 0 aromatic carbocycles. The summed E-state index contributed by atoms with van der Waals surface area (Å²) in [5, 5.41) is 0. The third-order valence-electron chi connectivity index (χ3n) is 9.91. The number of nitrogens with zero attached hydrogens (tertiary/aromatic N) is 1. The third kappa shape index (κ3) is 37.6. The summed E-state index contributed by atoms with van der Waals surface area (Å²) in [4.78, 5) is 2.54. The van der Waals surface area contributed by atoms with E-state index in [0.29, 0.717) is 0 Å². The minimum Gasteiger partial charge on any atom is -0.306 e. The van der Waals surface area contributed by atoms with E-state index < -0.39 is 0 Å². The van der Waals surface area contributed by atoms with Crippen LogP contribution in [0.2, 0.25) is 0 Å². The van der Waals surface area contributed by atoms with E-state index in [1.165, 1.54) is 204 Å². The summed E-state index contributed by atoms with van der Waals surface area (Å²) in [6.07, 6.45) is 38.7. The summed E-state index contributed by atoms with van der Waals surface area (Å²) in [5.74, 6) is 1.95. The van der Waals surface area contributed by atoms with Gasteiger partial charge in [-0.15, -0.1) is 6.58 Å². The standard InChI is InChI=1S/C30H59N.C13H28/c1-6-7-8-9-10-11-15-20-25-30(4)26-21-16-13-18-23-28-31(5)27-22-17-12-14-19-24-29(2)3;1-5-8-9-13(7-3)11-10-12(4)6-2/h2,4,6-28H2,1,3,5H3;12-13H,5-11H2,1-4H3. The van der Waals surface area contributed by atoms with Crippen molar-refractivity contribution in [2.75, 3.05) is 20.1 Å². The van der Waals surface area contributed by atoms with E-state index in [4.69, 9.17) is 0 Å². The van der Waals surface area contributed by atoms with Crippen molar-refractivity contribution in [3.8, 4) is 0 Å². The molecular formula is C43H87N. The topological polar surface area (TPSA) is 3.24 Å². The van der Waals surface area contributed by atoms with Crippen molar-refractivity contribution in [2.45, 2.75) is 221 Å². The van der Waals surface area contributed by atoms with Crippen LogP contribution in [0.15, 0.2) is 24.3 Å². The molecule has 0 fully saturated rings. The highest BCUT2D eigenvalue weighted by Gasteiger charge is 2.07. The highest BCUT2D eigenvalue weighted by atomic mass is 15.1. The molecule has 0 aliphatic carbocycles. The molecule has 2 atom stereocenters. The molecular weight excluding hydrogens is 530 g/mol. The van der Waals surface area contributed by atoms with Gasteiger partial charge in [0, 0.05) is 0 Å². The number of rotatable bonds is 33. The average molecular weight is 618 g/mol. The van der Waals surface area contributed by atoms with E-state index >= 15 is 0 Å². The van der Waals surface area contributed by atoms with Gasteiger partial charge in [-0.05, 0) is 90.3 Å². The first-order valence-electron chi connectivity index (χ1n) is 20.3. The second kappa shape index (κ2) is 36.9. The lowest BCUT2D eigenvalue weighted by molar-refractivity contribution is 0.314. The van der Waals surface area contributed by atoms with Gasteiger partial charge in [0.25, 0.3) is 0 Å². The fraction of sp³-hybridized carbons (Fsp3) is 0.907. The van der Waals surface area contributed by atoms with Crippen LogP contribution in [0.3, 0.4) is 0 Å². The van der Waals surface area contributed by atoms with Crippen LogP contribution in [0.1, 0.15) is 221 Å². The molecule has 1 heteroatoms. The Morgan fingerprint density at radius 1 is 0.500 bits per heavy atom. The minimum absolute atomic E-state index is 0.940. The van der Waals surface area contributed by atoms with E-state index in [2.05, 4.69) is 66.6 Å². The van der Waals surface area contributed by atoms with Crippen LogP contribution >= 0.6 is 0 Å². The molecule has 0 aromatic heterocycles. The summed E-state index contributed by atoms with van der Waals surface area (Å²) in [7, 11) is 2.30. The monoisotopic (exact) mass is 618 g/mol. The molecule has 2 unspecified atom stereocenters. The van der Waals surface area contributed by atoms with Gasteiger partial charge in [0.05, 0.1) is 0 Å². The smallest absolute Gasteiger partial charge is 0.00218 e. The van der Waals surface area contributed by atoms with Crippen LogP contribution in [0.4, 0.5) is 0 Å². The van der Waals surface area contributed by atoms with Gasteiger partial charge in [-0.3, -0.25) is 0 Å². The molecule has 0 N–H and O–H groups in total. The summed E-state index contributed by atoms with van der Waals surface area (Å²) in [5.41, 5.74) is 2.84. The van der Waals surface area contributed by atoms with Crippen LogP contribution in [0.5, 0.6) is 0 Å². The molecule has 0 bridgehead atoms. The van der Waals surface area contributed by atoms with Crippen LogP contribution in [-0.2, 0) is 0 Å². The van der Waals surface area contributed by atoms with Crippen molar-refractivity contribution in [2.24, 2.45) is 11.8 Å². The third-order valence-corrected chi connectivity index (χ3v) is 9.91. The average Bonchev–Trinajstić information content (AvgIpc) is 3.01. The number of allylic oxidation sites excluding steroid dienone is 2. The fourth-order valence-corrected chi connectivity index (χ4v) is 6.14. The Balaban J connectivity index is 0. The maximum Gasteiger partial charge on any atom is -0.00218 e. The first-order valence-corrected chi connectivity index (χ1v) is 20.3. The van der Waals surface area contributed by atoms with E-state index in [9.17, 15) is 0 Å². The molecule has 44 heavy (non-hydrogen) atoms. The molecule has 0 saturated heterocycles. The van der Waals surface area contributed by atoms with Crippen LogP contribution < -0.4 is 0 Å². The molecule has 0 aliphatic rings. The van der Waals surface area contributed by atoms with Crippen molar-refractivity contribution in [3.63, 3.8) is 0 Å². The first kappa shape index (κ1) is 45.6. The number of unbranched alkanes of at least 4 members (excludes halogenated alkanes) is 16. The summed E-state index contributed by atoms with van der Waals surface area (Å²) >= 11 is 0. The predicted molar refractivity (Wildman–Crippen MR) is 206 cm³/mol. The molecule has 0 saturated carbocycles. The Labute approximate surface area is 281 Å². The van der Waals surface area contributed by atoms with Gasteiger partial charge >= 0.3 is 0 Å². The zero-order valence-electron chi connectivity index (χ0n) is 32.2. The summed E-state index contributed by atoms with van der Waals surface area (Å²) < 4.78 is 0. The lowest BCUT2D eigenvalue weighted by Crippen LogP contribution is -2.20. The minimum atomic E-state index is 0.940. The van der Waals surface area contributed by atoms with Crippen molar-refractivity contribution in [3.05, 3.63) is 24.3 Å². The van der Waals surface area contributed by atoms with E-state index in [1.807, 2.05) is 0 Å². The molecule has 0 heterocycles. The zero-order chi connectivity index (χ0) is 33.1. The molecule has 0 rings (SSSR count). The Morgan fingerprint density at radius 3 is 1.36 bits per heavy atom. The van der Waals surface area contributed by atoms with Crippen LogP contribution in [-0.4, -0.2) is 25.0 Å². The van der Waals surface area contributed by atoms with Crippen LogP contribution in [0.25, 0.3) is 0 Å². The number of hydrogen-bond donors (Lipinski definition) is 0. The largest absolute Gasteiger partial charge is 0.306 e. The lowest BCUT2D eigenvalue weighted by atomic mass is 9.90. The highest BCUT2D eigenvalue weighted by Crippen LogP contribution is 2.22. The van der Waals surface area contributed by atoms with Crippen molar-refractivity contribution in [1.29, 1.82) is 0 Å². The maximum atomic E-state index is 4.32. The van der Waals surface area contributed by atoms with Gasteiger partial charge in [-0.1, -0.05) is 181 Å². The molecule has 264 valence electrons. The van der Waals surface area contributed by atoms with Crippen molar-refractivity contribution >= 4 is 0 Å². The van der Waals surface area contributed by atoms with Gasteiger partial charge in [-0.25, -0.2) is 0 Å². The normalized spacial score (nSPS) is 12.6. The summed E-state index contributed by atoms with van der Waals surface area (Å²) in [6, 6.07) is 0. The van der Waals surface area contributed by atoms with Gasteiger partial charge < -0.3 is 4.90 Å². The second-order valence-corrected chi connectivity index (χ2v) is 14.8. The van der Waals surface area contributed by atoms with Crippen molar-refractivity contribution < 1.29 is 0 Å². The zero-order valence-corrected chi connectivity index (χ0v) is 32.2. The van der Waals surface area contributed by atoms with E-state index in [1.54, 1.807) is 0 Å². The maximum absolute atomic E-state index is 4.32. The molecule has 0 radical (unpaired) electrons. The SMILES string of the molecule is C=C(C)CCCCCCCN(C)CCCCCCCC(=C)CCCCCCCCCC.CCCCC(CC)CCC(C)CC. The first-order chi connectivity index (χ1) is 21.3. The lowest BCUT2D eigenvalue weighted by Gasteiger charge is -2.16. The highest BCUT2D eigenvalue weighted by molar-refractivity contribution is 4.93. The van der Waals surface area contributed by atoms with E-state index in [0.717, 1.165) is 11.8 Å². The van der Waals surface area contributed by atoms with E-state index in [-0.39, 0.29) is 0 Å². The fourth-order valence-electron chi connectivity index (χ4n) is 6.14. The second-order valence-electron chi connectivity index (χ2n) is 14.8. The Kier molecular flexibility index (Phi) is 38.2. The Hall–Kier alpha value is -0.560. The van der Waals surface area contributed by atoms with Crippen LogP contribution in [0, 0.1) is 11.8 Å². The van der Waals surface area contributed by atoms with Crippen molar-refractivity contribution in [1.82, 2.24) is 4.90 Å². The predicted octanol–water partition coefficient (Wildman–Crippen LogP) is 15.3. The van der Waals surface area contributed by atoms with Gasteiger partial charge in [0.1, 0.15) is 0 Å². The molecule has 0 amide bonds. The molecule has 0 aliphatic heterocycles. The quantitative estimate of drug-likeness (QED) is 0.0523. The Bertz CT molecular complexity index is 577. The van der Waals surface area contributed by atoms with Gasteiger partial charge in [0.15, 0.2) is 0 Å². The van der Waals surface area contributed by atoms with Gasteiger partial charge in [0.2, 0.25) is 0 Å². The number of hydrogen-bond acceptors (Lipinski definition) is 1. The summed E-state index contributed by atoms with van der Waals surface area (Å²) in [6.45, 7) is 24.6. The van der Waals surface area contributed by atoms with Gasteiger partial charge in [-0.2, -0.15) is 0 Å². The molecule has 1 nitrogen and oxygen atoms in total. The molecule has 0 spiro atoms. The molecule has 0 aromatic rings.